The predicted molar refractivity (Wildman–Crippen MR) is 128 cm³/mol. The number of pyridine rings is 1. The van der Waals surface area contributed by atoms with Gasteiger partial charge in [0.2, 0.25) is 0 Å². The molecular formula is C24H25N5OS. The Balaban J connectivity index is 1.45. The Kier molecular flexibility index (Phi) is 6.45. The van der Waals surface area contributed by atoms with Crippen molar-refractivity contribution in [1.29, 1.82) is 0 Å². The fourth-order valence-corrected chi connectivity index (χ4v) is 4.39. The van der Waals surface area contributed by atoms with E-state index in [0.29, 0.717) is 18.9 Å². The molecule has 0 aliphatic carbocycles. The van der Waals surface area contributed by atoms with Crippen LogP contribution in [0.3, 0.4) is 0 Å². The van der Waals surface area contributed by atoms with Crippen LogP contribution in [0.4, 0.5) is 0 Å². The summed E-state index contributed by atoms with van der Waals surface area (Å²) in [7, 11) is 0. The highest BCUT2D eigenvalue weighted by molar-refractivity contribution is 7.17. The normalized spacial score (nSPS) is 11.6. The molecule has 0 bridgehead atoms. The molecule has 0 radical (unpaired) electrons. The van der Waals surface area contributed by atoms with Crippen LogP contribution in [0.25, 0.3) is 21.2 Å². The molecule has 4 rings (SSSR count). The SMILES string of the molecule is Cc1ccccc1-c1csc2cnc(COc3ccc(CCC(=NN)NN)cc3)cc12. The summed E-state index contributed by atoms with van der Waals surface area (Å²) in [6.45, 7) is 2.56. The van der Waals surface area contributed by atoms with Crippen LogP contribution in [-0.4, -0.2) is 10.8 Å². The van der Waals surface area contributed by atoms with E-state index in [2.05, 4.69) is 58.1 Å². The molecule has 0 amide bonds. The van der Waals surface area contributed by atoms with Crippen molar-refractivity contribution in [3.63, 3.8) is 0 Å². The molecule has 5 N–H and O–H groups in total. The zero-order valence-electron chi connectivity index (χ0n) is 17.3. The average Bonchev–Trinajstić information content (AvgIpc) is 3.22. The van der Waals surface area contributed by atoms with Crippen LogP contribution < -0.4 is 21.8 Å². The number of hydrogen-bond acceptors (Lipinski definition) is 6. The Hall–Kier alpha value is -3.42. The maximum Gasteiger partial charge on any atom is 0.136 e. The van der Waals surface area contributed by atoms with E-state index in [1.54, 1.807) is 11.3 Å². The lowest BCUT2D eigenvalue weighted by Gasteiger charge is -2.09. The molecule has 4 aromatic rings. The molecule has 0 aliphatic rings. The molecule has 158 valence electrons. The highest BCUT2D eigenvalue weighted by Crippen LogP contribution is 2.35. The van der Waals surface area contributed by atoms with E-state index in [-0.39, 0.29) is 0 Å². The van der Waals surface area contributed by atoms with Gasteiger partial charge in [0.15, 0.2) is 0 Å². The number of fused-ring (bicyclic) bond motifs is 1. The van der Waals surface area contributed by atoms with Gasteiger partial charge in [0, 0.05) is 23.6 Å². The first-order valence-corrected chi connectivity index (χ1v) is 10.9. The van der Waals surface area contributed by atoms with Crippen molar-refractivity contribution >= 4 is 27.3 Å². The lowest BCUT2D eigenvalue weighted by Crippen LogP contribution is -2.31. The summed E-state index contributed by atoms with van der Waals surface area (Å²) < 4.78 is 7.15. The topological polar surface area (TPSA) is 98.5 Å². The van der Waals surface area contributed by atoms with Gasteiger partial charge in [-0.25, -0.2) is 5.84 Å². The van der Waals surface area contributed by atoms with Gasteiger partial charge in [0.05, 0.1) is 10.4 Å². The van der Waals surface area contributed by atoms with E-state index in [9.17, 15) is 0 Å². The van der Waals surface area contributed by atoms with Crippen molar-refractivity contribution in [3.05, 3.63) is 83.0 Å². The highest BCUT2D eigenvalue weighted by atomic mass is 32.1. The number of nitrogens with two attached hydrogens (primary N) is 2. The standard InChI is InChI=1S/C24H25N5OS/c1-16-4-2-3-5-20(16)22-15-31-23-13-27-18(12-21(22)23)14-30-19-9-6-17(7-10-19)8-11-24(28-25)29-26/h2-7,9-10,12-13,15H,8,11,14,25-26H2,1H3,(H,28,29). The summed E-state index contributed by atoms with van der Waals surface area (Å²) in [5.41, 5.74) is 8.33. The number of aromatic nitrogens is 1. The molecule has 0 fully saturated rings. The largest absolute Gasteiger partial charge is 0.487 e. The minimum absolute atomic E-state index is 0.416. The van der Waals surface area contributed by atoms with Gasteiger partial charge >= 0.3 is 0 Å². The van der Waals surface area contributed by atoms with E-state index in [0.717, 1.165) is 23.4 Å². The van der Waals surface area contributed by atoms with Gasteiger partial charge in [-0.05, 0) is 53.6 Å². The molecule has 0 atom stereocenters. The van der Waals surface area contributed by atoms with E-state index in [4.69, 9.17) is 16.4 Å². The summed E-state index contributed by atoms with van der Waals surface area (Å²) in [5.74, 6) is 12.0. The van der Waals surface area contributed by atoms with E-state index < -0.39 is 0 Å². The lowest BCUT2D eigenvalue weighted by molar-refractivity contribution is 0.301. The van der Waals surface area contributed by atoms with Crippen molar-refractivity contribution in [3.8, 4) is 16.9 Å². The minimum atomic E-state index is 0.416. The van der Waals surface area contributed by atoms with E-state index >= 15 is 0 Å². The predicted octanol–water partition coefficient (Wildman–Crippen LogP) is 4.52. The third-order valence-electron chi connectivity index (χ3n) is 5.24. The number of hydrazine groups is 1. The quantitative estimate of drug-likeness (QED) is 0.173. The second-order valence-corrected chi connectivity index (χ2v) is 8.20. The van der Waals surface area contributed by atoms with E-state index in [1.165, 1.54) is 26.8 Å². The molecule has 7 heteroatoms. The molecule has 0 spiro atoms. The third-order valence-corrected chi connectivity index (χ3v) is 6.17. The molecule has 0 aliphatic heterocycles. The number of hydrazone groups is 1. The van der Waals surface area contributed by atoms with Gasteiger partial charge in [-0.3, -0.25) is 4.98 Å². The first-order chi connectivity index (χ1) is 15.2. The van der Waals surface area contributed by atoms with Crippen LogP contribution in [0.2, 0.25) is 0 Å². The summed E-state index contributed by atoms with van der Waals surface area (Å²) >= 11 is 1.72. The van der Waals surface area contributed by atoms with E-state index in [1.807, 2.05) is 30.5 Å². The first kappa shape index (κ1) is 20.8. The van der Waals surface area contributed by atoms with Crippen LogP contribution in [0.5, 0.6) is 5.75 Å². The van der Waals surface area contributed by atoms with Gasteiger partial charge in [-0.15, -0.1) is 11.3 Å². The number of aryl methyl sites for hydroxylation is 2. The number of nitrogens with one attached hydrogen (secondary N) is 1. The highest BCUT2D eigenvalue weighted by Gasteiger charge is 2.10. The number of nitrogens with zero attached hydrogens (tertiary/aromatic N) is 2. The summed E-state index contributed by atoms with van der Waals surface area (Å²) in [4.78, 5) is 4.58. The Labute approximate surface area is 185 Å². The Morgan fingerprint density at radius 1 is 1.13 bits per heavy atom. The number of rotatable bonds is 7. The molecule has 2 heterocycles. The van der Waals surface area contributed by atoms with Crippen LogP contribution in [0.1, 0.15) is 23.2 Å². The van der Waals surface area contributed by atoms with Crippen molar-refractivity contribution in [2.24, 2.45) is 16.8 Å². The van der Waals surface area contributed by atoms with Crippen LogP contribution in [-0.2, 0) is 13.0 Å². The minimum Gasteiger partial charge on any atom is -0.487 e. The number of thiophene rings is 1. The van der Waals surface area contributed by atoms with Gasteiger partial charge in [0.1, 0.15) is 18.2 Å². The second-order valence-electron chi connectivity index (χ2n) is 7.29. The summed E-state index contributed by atoms with van der Waals surface area (Å²) in [6.07, 6.45) is 3.38. The number of benzene rings is 2. The van der Waals surface area contributed by atoms with Crippen LogP contribution in [0, 0.1) is 6.92 Å². The molecule has 0 saturated carbocycles. The van der Waals surface area contributed by atoms with Gasteiger partial charge in [-0.1, -0.05) is 36.4 Å². The smallest absolute Gasteiger partial charge is 0.136 e. The monoisotopic (exact) mass is 431 g/mol. The number of hydrogen-bond donors (Lipinski definition) is 3. The third kappa shape index (κ3) is 4.84. The molecule has 6 nitrogen and oxygen atoms in total. The molecule has 31 heavy (non-hydrogen) atoms. The fraction of sp³-hybridized carbons (Fsp3) is 0.167. The fourth-order valence-electron chi connectivity index (χ4n) is 3.49. The maximum atomic E-state index is 5.97. The lowest BCUT2D eigenvalue weighted by atomic mass is 10.0. The van der Waals surface area contributed by atoms with Crippen molar-refractivity contribution in [1.82, 2.24) is 10.4 Å². The molecule has 2 aromatic carbocycles. The molecule has 2 aromatic heterocycles. The zero-order valence-corrected chi connectivity index (χ0v) is 18.2. The van der Waals surface area contributed by atoms with Gasteiger partial charge in [0.25, 0.3) is 0 Å². The van der Waals surface area contributed by atoms with Crippen LogP contribution >= 0.6 is 11.3 Å². The summed E-state index contributed by atoms with van der Waals surface area (Å²) in [5, 5.41) is 7.02. The van der Waals surface area contributed by atoms with Gasteiger partial charge in [-0.2, -0.15) is 5.10 Å². The molecule has 0 unspecified atom stereocenters. The van der Waals surface area contributed by atoms with Crippen molar-refractivity contribution in [2.75, 3.05) is 0 Å². The Morgan fingerprint density at radius 2 is 1.94 bits per heavy atom. The number of amidine groups is 1. The Morgan fingerprint density at radius 3 is 2.68 bits per heavy atom. The average molecular weight is 432 g/mol. The second kappa shape index (κ2) is 9.59. The van der Waals surface area contributed by atoms with Crippen molar-refractivity contribution in [2.45, 2.75) is 26.4 Å². The molecular weight excluding hydrogens is 406 g/mol. The van der Waals surface area contributed by atoms with Crippen LogP contribution in [0.15, 0.2) is 71.3 Å². The maximum absolute atomic E-state index is 5.97. The zero-order chi connectivity index (χ0) is 21.6. The number of ether oxygens (including phenoxy) is 1. The molecule has 0 saturated heterocycles. The van der Waals surface area contributed by atoms with Crippen molar-refractivity contribution < 1.29 is 4.74 Å². The summed E-state index contributed by atoms with van der Waals surface area (Å²) in [6, 6.07) is 18.6. The first-order valence-electron chi connectivity index (χ1n) is 10.0. The Bertz CT molecular complexity index is 1200. The van der Waals surface area contributed by atoms with Gasteiger partial charge < -0.3 is 16.0 Å².